The first-order valence-electron chi connectivity index (χ1n) is 10.5. The first-order chi connectivity index (χ1) is 16.2. The van der Waals surface area contributed by atoms with Gasteiger partial charge in [-0.1, -0.05) is 0 Å². The predicted octanol–water partition coefficient (Wildman–Crippen LogP) is 3.35. The highest BCUT2D eigenvalue weighted by molar-refractivity contribution is 7.91. The SMILES string of the molecule is Cc1cc(Nc2cc(N3CCS(=O)(=O)CC3)nc(Oc3cc(F)c4[nH]c(C)cc4c3F)n2)n[nH]1. The highest BCUT2D eigenvalue weighted by atomic mass is 32.2. The fourth-order valence-corrected chi connectivity index (χ4v) is 4.95. The Bertz CT molecular complexity index is 1490. The van der Waals surface area contributed by atoms with Crippen molar-refractivity contribution in [3.05, 3.63) is 47.3 Å². The minimum atomic E-state index is -3.11. The molecule has 4 aromatic rings. The lowest BCUT2D eigenvalue weighted by Gasteiger charge is -2.28. The Balaban J connectivity index is 1.52. The van der Waals surface area contributed by atoms with Crippen molar-refractivity contribution in [2.75, 3.05) is 34.8 Å². The predicted molar refractivity (Wildman–Crippen MR) is 123 cm³/mol. The Morgan fingerprint density at radius 1 is 1.03 bits per heavy atom. The van der Waals surface area contributed by atoms with Crippen LogP contribution in [0.2, 0.25) is 0 Å². The molecule has 0 atom stereocenters. The van der Waals surface area contributed by atoms with E-state index in [1.807, 2.05) is 6.92 Å². The van der Waals surface area contributed by atoms with Crippen LogP contribution in [0.15, 0.2) is 24.3 Å². The molecule has 0 amide bonds. The number of benzene rings is 1. The Hall–Kier alpha value is -3.74. The van der Waals surface area contributed by atoms with Gasteiger partial charge in [0.25, 0.3) is 0 Å². The van der Waals surface area contributed by atoms with Crippen LogP contribution in [-0.2, 0) is 9.84 Å². The molecule has 10 nitrogen and oxygen atoms in total. The quantitative estimate of drug-likeness (QED) is 0.389. The van der Waals surface area contributed by atoms with Gasteiger partial charge in [0.15, 0.2) is 33.0 Å². The summed E-state index contributed by atoms with van der Waals surface area (Å²) in [4.78, 5) is 13.2. The molecule has 178 valence electrons. The summed E-state index contributed by atoms with van der Waals surface area (Å²) in [5.41, 5.74) is 1.47. The van der Waals surface area contributed by atoms with E-state index in [1.54, 1.807) is 24.0 Å². The number of nitrogens with zero attached hydrogens (tertiary/aromatic N) is 4. The number of nitrogens with one attached hydrogen (secondary N) is 3. The highest BCUT2D eigenvalue weighted by Crippen LogP contribution is 2.33. The molecule has 0 spiro atoms. The van der Waals surface area contributed by atoms with Crippen molar-refractivity contribution in [2.24, 2.45) is 0 Å². The third-order valence-electron chi connectivity index (χ3n) is 5.43. The molecule has 1 fully saturated rings. The molecule has 0 aliphatic carbocycles. The Labute approximate surface area is 193 Å². The number of H-pyrrole nitrogens is 2. The fraction of sp³-hybridized carbons (Fsp3) is 0.286. The summed E-state index contributed by atoms with van der Waals surface area (Å²) < 4.78 is 58.9. The van der Waals surface area contributed by atoms with Crippen molar-refractivity contribution < 1.29 is 21.9 Å². The first-order valence-corrected chi connectivity index (χ1v) is 12.3. The van der Waals surface area contributed by atoms with E-state index in [9.17, 15) is 12.8 Å². The van der Waals surface area contributed by atoms with E-state index in [0.29, 0.717) is 23.1 Å². The number of aryl methyl sites for hydroxylation is 2. The number of ether oxygens (including phenoxy) is 1. The standard InChI is InChI=1S/C21H21F2N7O3S/c1-11-7-13-19(23)15(9-14(22)20(13)24-11)33-21-26-16(25-17-8-12(2)28-29-17)10-18(27-21)30-3-5-34(31,32)6-4-30/h7-10,24H,3-6H2,1-2H3,(H2,25,26,27,28,29). The van der Waals surface area contributed by atoms with Gasteiger partial charge >= 0.3 is 6.01 Å². The molecular weight excluding hydrogens is 468 g/mol. The van der Waals surface area contributed by atoms with Gasteiger partial charge in [0, 0.05) is 48.1 Å². The van der Waals surface area contributed by atoms with Gasteiger partial charge in [0.05, 0.1) is 17.0 Å². The number of hydrogen-bond acceptors (Lipinski definition) is 8. The number of fused-ring (bicyclic) bond motifs is 1. The van der Waals surface area contributed by atoms with E-state index in [0.717, 1.165) is 11.8 Å². The molecule has 1 saturated heterocycles. The van der Waals surface area contributed by atoms with Gasteiger partial charge in [-0.15, -0.1) is 0 Å². The van der Waals surface area contributed by atoms with Crippen LogP contribution in [0.1, 0.15) is 11.4 Å². The van der Waals surface area contributed by atoms with E-state index in [-0.39, 0.29) is 47.3 Å². The van der Waals surface area contributed by atoms with Crippen LogP contribution in [0.3, 0.4) is 0 Å². The number of aromatic nitrogens is 5. The molecule has 5 rings (SSSR count). The van der Waals surface area contributed by atoms with E-state index in [1.165, 1.54) is 6.07 Å². The summed E-state index contributed by atoms with van der Waals surface area (Å²) in [6, 6.07) is 5.56. The summed E-state index contributed by atoms with van der Waals surface area (Å²) in [5, 5.41) is 9.97. The van der Waals surface area contributed by atoms with Crippen LogP contribution in [0.25, 0.3) is 10.9 Å². The largest absolute Gasteiger partial charge is 0.421 e. The lowest BCUT2D eigenvalue weighted by Crippen LogP contribution is -2.40. The monoisotopic (exact) mass is 489 g/mol. The molecule has 13 heteroatoms. The highest BCUT2D eigenvalue weighted by Gasteiger charge is 2.24. The summed E-state index contributed by atoms with van der Waals surface area (Å²) in [6.45, 7) is 4.00. The summed E-state index contributed by atoms with van der Waals surface area (Å²) in [6.07, 6.45) is 0. The lowest BCUT2D eigenvalue weighted by molar-refractivity contribution is 0.411. The van der Waals surface area contributed by atoms with Gasteiger partial charge in [-0.3, -0.25) is 5.10 Å². The Morgan fingerprint density at radius 3 is 2.50 bits per heavy atom. The normalized spacial score (nSPS) is 15.6. The van der Waals surface area contributed by atoms with Gasteiger partial charge in [0.1, 0.15) is 11.6 Å². The van der Waals surface area contributed by atoms with Crippen LogP contribution < -0.4 is 15.0 Å². The Morgan fingerprint density at radius 2 is 1.79 bits per heavy atom. The molecule has 0 radical (unpaired) electrons. The molecule has 0 bridgehead atoms. The molecular formula is C21H21F2N7O3S. The zero-order valence-corrected chi connectivity index (χ0v) is 19.1. The molecule has 34 heavy (non-hydrogen) atoms. The van der Waals surface area contributed by atoms with Crippen LogP contribution in [0, 0.1) is 25.5 Å². The van der Waals surface area contributed by atoms with Crippen LogP contribution >= 0.6 is 0 Å². The third-order valence-corrected chi connectivity index (χ3v) is 7.03. The van der Waals surface area contributed by atoms with Crippen molar-refractivity contribution in [1.29, 1.82) is 0 Å². The second kappa shape index (κ2) is 8.24. The summed E-state index contributed by atoms with van der Waals surface area (Å²) in [7, 11) is -3.11. The molecule has 4 heterocycles. The molecule has 1 aliphatic rings. The van der Waals surface area contributed by atoms with Crippen LogP contribution in [-0.4, -0.2) is 58.2 Å². The summed E-state index contributed by atoms with van der Waals surface area (Å²) >= 11 is 0. The van der Waals surface area contributed by atoms with Crippen molar-refractivity contribution in [2.45, 2.75) is 13.8 Å². The number of sulfone groups is 1. The third kappa shape index (κ3) is 4.38. The topological polar surface area (TPSA) is 129 Å². The van der Waals surface area contributed by atoms with E-state index < -0.39 is 21.5 Å². The average molecular weight is 490 g/mol. The Kier molecular flexibility index (Phi) is 5.35. The van der Waals surface area contributed by atoms with Gasteiger partial charge in [0.2, 0.25) is 0 Å². The fourth-order valence-electron chi connectivity index (χ4n) is 3.75. The minimum Gasteiger partial charge on any atom is -0.421 e. The average Bonchev–Trinajstić information content (AvgIpc) is 3.37. The maximum atomic E-state index is 15.1. The van der Waals surface area contributed by atoms with Gasteiger partial charge < -0.3 is 19.9 Å². The first kappa shape index (κ1) is 22.1. The van der Waals surface area contributed by atoms with Crippen LogP contribution in [0.4, 0.5) is 26.2 Å². The molecule has 0 saturated carbocycles. The molecule has 3 aromatic heterocycles. The molecule has 1 aliphatic heterocycles. The zero-order valence-electron chi connectivity index (χ0n) is 18.3. The number of halogens is 2. The van der Waals surface area contributed by atoms with Crippen molar-refractivity contribution in [3.63, 3.8) is 0 Å². The summed E-state index contributed by atoms with van der Waals surface area (Å²) in [5.74, 6) is -0.679. The molecule has 1 aromatic carbocycles. The van der Waals surface area contributed by atoms with E-state index >= 15 is 4.39 Å². The van der Waals surface area contributed by atoms with Gasteiger partial charge in [-0.2, -0.15) is 15.1 Å². The van der Waals surface area contributed by atoms with Gasteiger partial charge in [-0.25, -0.2) is 17.2 Å². The second-order valence-electron chi connectivity index (χ2n) is 8.11. The number of hydrogen-bond donors (Lipinski definition) is 3. The maximum absolute atomic E-state index is 15.1. The minimum absolute atomic E-state index is 0.0160. The van der Waals surface area contributed by atoms with Crippen molar-refractivity contribution in [3.8, 4) is 11.8 Å². The smallest absolute Gasteiger partial charge is 0.326 e. The second-order valence-corrected chi connectivity index (χ2v) is 10.4. The van der Waals surface area contributed by atoms with E-state index in [2.05, 4.69) is 30.5 Å². The van der Waals surface area contributed by atoms with Crippen LogP contribution in [0.5, 0.6) is 11.8 Å². The molecule has 3 N–H and O–H groups in total. The lowest BCUT2D eigenvalue weighted by atomic mass is 10.2. The number of rotatable bonds is 5. The van der Waals surface area contributed by atoms with Crippen molar-refractivity contribution in [1.82, 2.24) is 25.1 Å². The van der Waals surface area contributed by atoms with E-state index in [4.69, 9.17) is 4.74 Å². The molecule has 0 unspecified atom stereocenters. The maximum Gasteiger partial charge on any atom is 0.326 e. The number of aromatic amines is 2. The van der Waals surface area contributed by atoms with Gasteiger partial charge in [-0.05, 0) is 19.9 Å². The van der Waals surface area contributed by atoms with Crippen molar-refractivity contribution >= 4 is 38.2 Å². The zero-order chi connectivity index (χ0) is 24.0. The number of anilines is 3.